The predicted octanol–water partition coefficient (Wildman–Crippen LogP) is 2.69. The molecule has 0 aliphatic heterocycles. The van der Waals surface area contributed by atoms with Crippen molar-refractivity contribution in [3.05, 3.63) is 35.9 Å². The van der Waals surface area contributed by atoms with Gasteiger partial charge in [-0.3, -0.25) is 4.79 Å². The zero-order valence-electron chi connectivity index (χ0n) is 11.6. The first-order chi connectivity index (χ1) is 9.29. The van der Waals surface area contributed by atoms with Crippen LogP contribution in [-0.4, -0.2) is 25.2 Å². The molecule has 2 rings (SSSR count). The summed E-state index contributed by atoms with van der Waals surface area (Å²) >= 11 is 0. The largest absolute Gasteiger partial charge is 0.379 e. The summed E-state index contributed by atoms with van der Waals surface area (Å²) in [4.78, 5) is 11.9. The van der Waals surface area contributed by atoms with Crippen LogP contribution >= 0.6 is 0 Å². The summed E-state index contributed by atoms with van der Waals surface area (Å²) in [5.41, 5.74) is 1.30. The van der Waals surface area contributed by atoms with Crippen LogP contribution in [0.25, 0.3) is 0 Å². The Bertz CT molecular complexity index is 391. The predicted molar refractivity (Wildman–Crippen MR) is 76.0 cm³/mol. The van der Waals surface area contributed by atoms with Crippen molar-refractivity contribution in [3.63, 3.8) is 0 Å². The van der Waals surface area contributed by atoms with Gasteiger partial charge in [0.15, 0.2) is 0 Å². The van der Waals surface area contributed by atoms with Gasteiger partial charge in [0, 0.05) is 13.5 Å². The van der Waals surface area contributed by atoms with Crippen LogP contribution in [0.15, 0.2) is 30.3 Å². The van der Waals surface area contributed by atoms with Crippen LogP contribution in [0.4, 0.5) is 0 Å². The van der Waals surface area contributed by atoms with Gasteiger partial charge in [-0.1, -0.05) is 30.3 Å². The summed E-state index contributed by atoms with van der Waals surface area (Å²) in [5.74, 6) is 0.157. The molecule has 3 nitrogen and oxygen atoms in total. The number of carbonyl (C=O) groups excluding carboxylic acids is 1. The van der Waals surface area contributed by atoms with Crippen molar-refractivity contribution in [2.24, 2.45) is 0 Å². The topological polar surface area (TPSA) is 38.3 Å². The summed E-state index contributed by atoms with van der Waals surface area (Å²) in [6.07, 6.45) is 5.93. The Balaban J connectivity index is 1.67. The van der Waals surface area contributed by atoms with Gasteiger partial charge < -0.3 is 10.1 Å². The van der Waals surface area contributed by atoms with E-state index in [1.165, 1.54) is 5.56 Å². The van der Waals surface area contributed by atoms with Gasteiger partial charge in [-0.2, -0.15) is 0 Å². The summed E-state index contributed by atoms with van der Waals surface area (Å²) in [5, 5.41) is 3.10. The average molecular weight is 261 g/mol. The van der Waals surface area contributed by atoms with E-state index in [2.05, 4.69) is 17.4 Å². The number of hydrogen-bond donors (Lipinski definition) is 1. The maximum Gasteiger partial charge on any atom is 0.220 e. The van der Waals surface area contributed by atoms with E-state index in [4.69, 9.17) is 4.74 Å². The molecule has 1 amide bonds. The van der Waals surface area contributed by atoms with Crippen molar-refractivity contribution in [3.8, 4) is 0 Å². The molecule has 1 aromatic carbocycles. The Morgan fingerprint density at radius 1 is 1.32 bits per heavy atom. The van der Waals surface area contributed by atoms with Crippen LogP contribution in [0.1, 0.15) is 37.7 Å². The number of carbonyl (C=O) groups is 1. The molecule has 2 atom stereocenters. The summed E-state index contributed by atoms with van der Waals surface area (Å²) in [6, 6.07) is 10.5. The van der Waals surface area contributed by atoms with E-state index in [1.807, 2.05) is 18.2 Å². The lowest BCUT2D eigenvalue weighted by molar-refractivity contribution is -0.122. The van der Waals surface area contributed by atoms with Crippen molar-refractivity contribution < 1.29 is 9.53 Å². The molecule has 1 N–H and O–H groups in total. The minimum absolute atomic E-state index is 0.157. The molecule has 1 aliphatic rings. The lowest BCUT2D eigenvalue weighted by Gasteiger charge is -2.19. The summed E-state index contributed by atoms with van der Waals surface area (Å²) in [6.45, 7) is 0. The van der Waals surface area contributed by atoms with E-state index < -0.39 is 0 Å². The van der Waals surface area contributed by atoms with Crippen LogP contribution in [0, 0.1) is 0 Å². The number of hydrogen-bond acceptors (Lipinski definition) is 2. The maximum absolute atomic E-state index is 11.9. The van der Waals surface area contributed by atoms with Gasteiger partial charge in [0.2, 0.25) is 5.91 Å². The fraction of sp³-hybridized carbons (Fsp3) is 0.562. The van der Waals surface area contributed by atoms with E-state index in [1.54, 1.807) is 7.11 Å². The fourth-order valence-electron chi connectivity index (χ4n) is 2.75. The first-order valence-electron chi connectivity index (χ1n) is 7.15. The molecule has 0 unspecified atom stereocenters. The molecular formula is C16H23NO2. The number of amides is 1. The number of methoxy groups -OCH3 is 1. The van der Waals surface area contributed by atoms with E-state index in [0.717, 1.165) is 32.1 Å². The van der Waals surface area contributed by atoms with Gasteiger partial charge in [-0.25, -0.2) is 0 Å². The van der Waals surface area contributed by atoms with Crippen LogP contribution in [-0.2, 0) is 16.0 Å². The Hall–Kier alpha value is -1.35. The number of nitrogens with one attached hydrogen (secondary N) is 1. The minimum atomic E-state index is 0.157. The molecule has 0 aromatic heterocycles. The van der Waals surface area contributed by atoms with E-state index in [-0.39, 0.29) is 18.1 Å². The second-order valence-electron chi connectivity index (χ2n) is 5.22. The standard InChI is InChI=1S/C16H23NO2/c1-19-15-11-6-10-14(15)17-16(18)12-5-9-13-7-3-2-4-8-13/h2-4,7-8,14-15H,5-6,9-12H2,1H3,(H,17,18)/t14-,15-/m0/s1. The van der Waals surface area contributed by atoms with Crippen LogP contribution < -0.4 is 5.32 Å². The normalized spacial score (nSPS) is 22.4. The SMILES string of the molecule is CO[C@H]1CCC[C@@H]1NC(=O)CCCc1ccccc1. The molecule has 0 heterocycles. The number of rotatable bonds is 6. The quantitative estimate of drug-likeness (QED) is 0.855. The zero-order valence-corrected chi connectivity index (χ0v) is 11.6. The molecule has 0 bridgehead atoms. The molecule has 1 aliphatic carbocycles. The Morgan fingerprint density at radius 3 is 2.84 bits per heavy atom. The van der Waals surface area contributed by atoms with Gasteiger partial charge in [0.05, 0.1) is 12.1 Å². The lowest BCUT2D eigenvalue weighted by Crippen LogP contribution is -2.40. The lowest BCUT2D eigenvalue weighted by atomic mass is 10.1. The maximum atomic E-state index is 11.9. The highest BCUT2D eigenvalue weighted by atomic mass is 16.5. The first-order valence-corrected chi connectivity index (χ1v) is 7.15. The molecule has 104 valence electrons. The highest BCUT2D eigenvalue weighted by Crippen LogP contribution is 2.21. The third-order valence-corrected chi connectivity index (χ3v) is 3.81. The third kappa shape index (κ3) is 4.35. The second kappa shape index (κ2) is 7.29. The minimum Gasteiger partial charge on any atom is -0.379 e. The smallest absolute Gasteiger partial charge is 0.220 e. The summed E-state index contributed by atoms with van der Waals surface area (Å²) in [7, 11) is 1.73. The molecule has 1 aromatic rings. The van der Waals surface area contributed by atoms with Gasteiger partial charge in [-0.15, -0.1) is 0 Å². The monoisotopic (exact) mass is 261 g/mol. The molecule has 0 spiro atoms. The highest BCUT2D eigenvalue weighted by molar-refractivity contribution is 5.76. The molecule has 1 saturated carbocycles. The van der Waals surface area contributed by atoms with Gasteiger partial charge in [0.1, 0.15) is 0 Å². The summed E-state index contributed by atoms with van der Waals surface area (Å²) < 4.78 is 5.38. The van der Waals surface area contributed by atoms with Crippen LogP contribution in [0.3, 0.4) is 0 Å². The highest BCUT2D eigenvalue weighted by Gasteiger charge is 2.27. The molecule has 3 heteroatoms. The Labute approximate surface area is 115 Å². The van der Waals surface area contributed by atoms with Crippen molar-refractivity contribution in [2.75, 3.05) is 7.11 Å². The van der Waals surface area contributed by atoms with Crippen LogP contribution in [0.2, 0.25) is 0 Å². The average Bonchev–Trinajstić information content (AvgIpc) is 2.87. The van der Waals surface area contributed by atoms with Gasteiger partial charge in [-0.05, 0) is 37.7 Å². The Morgan fingerprint density at radius 2 is 2.11 bits per heavy atom. The first kappa shape index (κ1) is 14.1. The van der Waals surface area contributed by atoms with Crippen molar-refractivity contribution >= 4 is 5.91 Å². The Kier molecular flexibility index (Phi) is 5.40. The van der Waals surface area contributed by atoms with E-state index >= 15 is 0 Å². The molecule has 19 heavy (non-hydrogen) atoms. The van der Waals surface area contributed by atoms with Crippen LogP contribution in [0.5, 0.6) is 0 Å². The van der Waals surface area contributed by atoms with Gasteiger partial charge >= 0.3 is 0 Å². The van der Waals surface area contributed by atoms with Crippen molar-refractivity contribution in [1.29, 1.82) is 0 Å². The second-order valence-corrected chi connectivity index (χ2v) is 5.22. The number of benzene rings is 1. The molecular weight excluding hydrogens is 238 g/mol. The van der Waals surface area contributed by atoms with Crippen molar-refractivity contribution in [2.45, 2.75) is 50.7 Å². The van der Waals surface area contributed by atoms with E-state index in [0.29, 0.717) is 6.42 Å². The fourth-order valence-corrected chi connectivity index (χ4v) is 2.75. The number of aryl methyl sites for hydroxylation is 1. The van der Waals surface area contributed by atoms with Gasteiger partial charge in [0.25, 0.3) is 0 Å². The number of ether oxygens (including phenoxy) is 1. The molecule has 1 fully saturated rings. The van der Waals surface area contributed by atoms with Crippen molar-refractivity contribution in [1.82, 2.24) is 5.32 Å². The molecule has 0 saturated heterocycles. The molecule has 0 radical (unpaired) electrons. The zero-order chi connectivity index (χ0) is 13.5. The third-order valence-electron chi connectivity index (χ3n) is 3.81. The van der Waals surface area contributed by atoms with E-state index in [9.17, 15) is 4.79 Å².